The number of nitrogens with zero attached hydrogens (tertiary/aromatic N) is 8. The van der Waals surface area contributed by atoms with Gasteiger partial charge in [0.15, 0.2) is 5.82 Å². The monoisotopic (exact) mass is 353 g/mol. The second-order valence-electron chi connectivity index (χ2n) is 6.70. The topological polar surface area (TPSA) is 78.2 Å². The fourth-order valence-electron chi connectivity index (χ4n) is 3.38. The number of hydrogen-bond acceptors (Lipinski definition) is 8. The zero-order valence-electron chi connectivity index (χ0n) is 15.1. The molecular weight excluding hydrogens is 330 g/mol. The fourth-order valence-corrected chi connectivity index (χ4v) is 3.38. The molecule has 0 spiro atoms. The molecular formula is C17H23N9. The van der Waals surface area contributed by atoms with E-state index in [1.54, 1.807) is 23.4 Å². The predicted octanol–water partition coefficient (Wildman–Crippen LogP) is 0.935. The summed E-state index contributed by atoms with van der Waals surface area (Å²) >= 11 is 0. The predicted molar refractivity (Wildman–Crippen MR) is 100 cm³/mol. The molecule has 9 nitrogen and oxygen atoms in total. The Bertz CT molecular complexity index is 803. The Hall–Kier alpha value is -2.94. The third kappa shape index (κ3) is 3.01. The maximum absolute atomic E-state index is 4.47. The van der Waals surface area contributed by atoms with E-state index in [0.717, 1.165) is 49.0 Å². The van der Waals surface area contributed by atoms with Crippen molar-refractivity contribution >= 4 is 17.3 Å². The molecule has 0 radical (unpaired) electrons. The zero-order valence-corrected chi connectivity index (χ0v) is 15.1. The van der Waals surface area contributed by atoms with Crippen molar-refractivity contribution in [1.82, 2.24) is 35.3 Å². The first-order valence-corrected chi connectivity index (χ1v) is 8.69. The molecule has 1 fully saturated rings. The molecule has 0 bridgehead atoms. The van der Waals surface area contributed by atoms with Crippen LogP contribution in [0.5, 0.6) is 0 Å². The van der Waals surface area contributed by atoms with Crippen molar-refractivity contribution in [2.75, 3.05) is 37.1 Å². The van der Waals surface area contributed by atoms with E-state index in [2.05, 4.69) is 56.2 Å². The van der Waals surface area contributed by atoms with Crippen molar-refractivity contribution < 1.29 is 0 Å². The lowest BCUT2D eigenvalue weighted by molar-refractivity contribution is 0.249. The Balaban J connectivity index is 1.48. The summed E-state index contributed by atoms with van der Waals surface area (Å²) < 4.78 is 1.67. The highest BCUT2D eigenvalue weighted by atomic mass is 15.6. The molecule has 1 saturated heterocycles. The number of hydrogen-bond donors (Lipinski definition) is 1. The van der Waals surface area contributed by atoms with Crippen LogP contribution in [0.4, 0.5) is 11.6 Å². The third-order valence-corrected chi connectivity index (χ3v) is 4.95. The van der Waals surface area contributed by atoms with Gasteiger partial charge in [-0.1, -0.05) is 11.8 Å². The summed E-state index contributed by atoms with van der Waals surface area (Å²) in [6, 6.07) is 2.63. The molecule has 0 amide bonds. The van der Waals surface area contributed by atoms with E-state index >= 15 is 0 Å². The van der Waals surface area contributed by atoms with Crippen molar-refractivity contribution in [3.8, 4) is 0 Å². The van der Waals surface area contributed by atoms with Crippen molar-refractivity contribution in [3.05, 3.63) is 43.3 Å². The first kappa shape index (κ1) is 16.5. The van der Waals surface area contributed by atoms with Crippen molar-refractivity contribution in [2.45, 2.75) is 18.9 Å². The molecule has 2 aromatic heterocycles. The molecule has 2 aromatic rings. The summed E-state index contributed by atoms with van der Waals surface area (Å²) in [6.07, 6.45) is 9.13. The minimum atomic E-state index is 0.641. The van der Waals surface area contributed by atoms with Gasteiger partial charge in [-0.2, -0.15) is 0 Å². The van der Waals surface area contributed by atoms with Crippen LogP contribution in [0.3, 0.4) is 0 Å². The number of hydrazine groups is 1. The van der Waals surface area contributed by atoms with Crippen LogP contribution in [-0.2, 0) is 0 Å². The van der Waals surface area contributed by atoms with Gasteiger partial charge in [0.05, 0.1) is 18.1 Å². The summed E-state index contributed by atoms with van der Waals surface area (Å²) in [6.45, 7) is 6.14. The van der Waals surface area contributed by atoms with Gasteiger partial charge < -0.3 is 9.80 Å². The number of anilines is 2. The Morgan fingerprint density at radius 2 is 1.96 bits per heavy atom. The van der Waals surface area contributed by atoms with Gasteiger partial charge in [0.2, 0.25) is 0 Å². The minimum Gasteiger partial charge on any atom is -0.356 e. The number of aromatic nitrogens is 5. The van der Waals surface area contributed by atoms with Gasteiger partial charge in [0.25, 0.3) is 0 Å². The van der Waals surface area contributed by atoms with E-state index in [4.69, 9.17) is 0 Å². The molecule has 0 aliphatic carbocycles. The lowest BCUT2D eigenvalue weighted by Crippen LogP contribution is -2.42. The molecule has 0 saturated carbocycles. The highest BCUT2D eigenvalue weighted by Gasteiger charge is 2.25. The highest BCUT2D eigenvalue weighted by Crippen LogP contribution is 2.28. The van der Waals surface area contributed by atoms with Gasteiger partial charge in [0, 0.05) is 31.4 Å². The van der Waals surface area contributed by atoms with E-state index in [1.807, 2.05) is 17.3 Å². The SMILES string of the molecule is C=C1C(n2ccnn2)=CNN1c1cc(N2CCC(N(C)C)CC2)ncn1. The van der Waals surface area contributed by atoms with E-state index in [-0.39, 0.29) is 0 Å². The second kappa shape index (κ2) is 6.75. The highest BCUT2D eigenvalue weighted by molar-refractivity contribution is 5.73. The Morgan fingerprint density at radius 3 is 2.65 bits per heavy atom. The molecule has 0 atom stereocenters. The van der Waals surface area contributed by atoms with Gasteiger partial charge in [-0.25, -0.2) is 19.7 Å². The smallest absolute Gasteiger partial charge is 0.157 e. The molecule has 4 heterocycles. The summed E-state index contributed by atoms with van der Waals surface area (Å²) in [7, 11) is 4.29. The minimum absolute atomic E-state index is 0.641. The lowest BCUT2D eigenvalue weighted by Gasteiger charge is -2.36. The number of nitrogens with one attached hydrogen (secondary N) is 1. The standard InChI is InChI=1S/C17H23N9/c1-13-15(25-9-6-20-22-25)11-21-26(13)17-10-16(18-12-19-17)24-7-4-14(5-8-24)23(2)3/h6,9-12,14,21H,1,4-5,7-8H2,2-3H3. The van der Waals surface area contributed by atoms with Crippen molar-refractivity contribution in [1.29, 1.82) is 0 Å². The molecule has 2 aliphatic rings. The number of piperidine rings is 1. The van der Waals surface area contributed by atoms with Crippen LogP contribution in [0.15, 0.2) is 43.3 Å². The van der Waals surface area contributed by atoms with E-state index in [0.29, 0.717) is 6.04 Å². The summed E-state index contributed by atoms with van der Waals surface area (Å²) in [5.41, 5.74) is 4.77. The molecule has 136 valence electrons. The first-order valence-electron chi connectivity index (χ1n) is 8.69. The lowest BCUT2D eigenvalue weighted by atomic mass is 10.0. The average molecular weight is 353 g/mol. The first-order chi connectivity index (χ1) is 12.6. The zero-order chi connectivity index (χ0) is 18.1. The van der Waals surface area contributed by atoms with Crippen LogP contribution < -0.4 is 15.3 Å². The van der Waals surface area contributed by atoms with Crippen LogP contribution >= 0.6 is 0 Å². The Kier molecular flexibility index (Phi) is 4.29. The van der Waals surface area contributed by atoms with E-state index < -0.39 is 0 Å². The van der Waals surface area contributed by atoms with E-state index in [9.17, 15) is 0 Å². The Labute approximate surface area is 152 Å². The summed E-state index contributed by atoms with van der Waals surface area (Å²) in [4.78, 5) is 13.5. The molecule has 2 aliphatic heterocycles. The number of rotatable bonds is 4. The molecule has 26 heavy (non-hydrogen) atoms. The second-order valence-corrected chi connectivity index (χ2v) is 6.70. The van der Waals surface area contributed by atoms with Gasteiger partial charge in [0.1, 0.15) is 17.8 Å². The molecule has 0 unspecified atom stereocenters. The van der Waals surface area contributed by atoms with Crippen LogP contribution in [0, 0.1) is 0 Å². The summed E-state index contributed by atoms with van der Waals surface area (Å²) in [5, 5.41) is 9.68. The summed E-state index contributed by atoms with van der Waals surface area (Å²) in [5.74, 6) is 1.69. The van der Waals surface area contributed by atoms with Crippen LogP contribution in [0.25, 0.3) is 5.70 Å². The largest absolute Gasteiger partial charge is 0.356 e. The van der Waals surface area contributed by atoms with Gasteiger partial charge >= 0.3 is 0 Å². The van der Waals surface area contributed by atoms with Crippen LogP contribution in [0.1, 0.15) is 12.8 Å². The maximum Gasteiger partial charge on any atom is 0.157 e. The quantitative estimate of drug-likeness (QED) is 0.870. The van der Waals surface area contributed by atoms with Crippen molar-refractivity contribution in [2.24, 2.45) is 0 Å². The molecule has 1 N–H and O–H groups in total. The van der Waals surface area contributed by atoms with Crippen LogP contribution in [-0.4, -0.2) is 63.1 Å². The van der Waals surface area contributed by atoms with Gasteiger partial charge in [-0.15, -0.1) is 5.10 Å². The molecule has 0 aromatic carbocycles. The average Bonchev–Trinajstić information content (AvgIpc) is 3.31. The third-order valence-electron chi connectivity index (χ3n) is 4.95. The molecule has 9 heteroatoms. The maximum atomic E-state index is 4.47. The Morgan fingerprint density at radius 1 is 1.19 bits per heavy atom. The van der Waals surface area contributed by atoms with Gasteiger partial charge in [-0.3, -0.25) is 5.43 Å². The van der Waals surface area contributed by atoms with E-state index in [1.165, 1.54) is 0 Å². The fraction of sp³-hybridized carbons (Fsp3) is 0.412. The van der Waals surface area contributed by atoms with Gasteiger partial charge in [-0.05, 0) is 26.9 Å². The van der Waals surface area contributed by atoms with Crippen molar-refractivity contribution in [3.63, 3.8) is 0 Å². The molecule has 4 rings (SSSR count). The number of allylic oxidation sites excluding steroid dienone is 1. The normalized spacial score (nSPS) is 18.4. The van der Waals surface area contributed by atoms with Crippen LogP contribution in [0.2, 0.25) is 0 Å².